The van der Waals surface area contributed by atoms with E-state index in [-0.39, 0.29) is 30.8 Å². The molecule has 3 N–H and O–H groups in total. The number of hydrogen-bond donors (Lipinski definition) is 3. The first-order valence-corrected chi connectivity index (χ1v) is 9.82. The van der Waals surface area contributed by atoms with Crippen molar-refractivity contribution in [3.63, 3.8) is 0 Å². The number of benzene rings is 1. The monoisotopic (exact) mass is 407 g/mol. The third-order valence-corrected chi connectivity index (χ3v) is 6.55. The lowest BCUT2D eigenvalue weighted by molar-refractivity contribution is -0.254. The summed E-state index contributed by atoms with van der Waals surface area (Å²) in [5, 5.41) is 12.6. The van der Waals surface area contributed by atoms with E-state index >= 15 is 0 Å². The minimum Gasteiger partial charge on any atom is -0.380 e. The molecule has 2 aliphatic heterocycles. The van der Waals surface area contributed by atoms with Gasteiger partial charge in [0.2, 0.25) is 15.9 Å². The van der Waals surface area contributed by atoms with Crippen molar-refractivity contribution in [2.24, 2.45) is 0 Å². The van der Waals surface area contributed by atoms with Crippen molar-refractivity contribution in [1.29, 1.82) is 0 Å². The van der Waals surface area contributed by atoms with Crippen molar-refractivity contribution in [2.45, 2.75) is 48.5 Å². The average Bonchev–Trinajstić information content (AvgIpc) is 2.53. The Balaban J connectivity index is 1.70. The molecule has 1 aromatic carbocycles. The largest absolute Gasteiger partial charge is 0.417 e. The lowest BCUT2D eigenvalue weighted by Gasteiger charge is -2.45. The third-order valence-electron chi connectivity index (χ3n) is 4.96. The molecule has 11 heteroatoms. The van der Waals surface area contributed by atoms with Gasteiger partial charge in [0.05, 0.1) is 12.1 Å². The van der Waals surface area contributed by atoms with Gasteiger partial charge in [-0.3, -0.25) is 4.79 Å². The molecular weight excluding hydrogens is 387 g/mol. The zero-order chi connectivity index (χ0) is 20.1. The van der Waals surface area contributed by atoms with E-state index in [2.05, 4.69) is 10.0 Å². The van der Waals surface area contributed by atoms with Gasteiger partial charge in [-0.2, -0.15) is 17.9 Å². The number of anilines is 1. The smallest absolute Gasteiger partial charge is 0.380 e. The molecule has 150 valence electrons. The van der Waals surface area contributed by atoms with Crippen LogP contribution >= 0.6 is 0 Å². The van der Waals surface area contributed by atoms with Crippen LogP contribution in [0.25, 0.3) is 0 Å². The molecule has 0 aliphatic carbocycles. The number of nitrogens with one attached hydrogen (secondary N) is 2. The Morgan fingerprint density at radius 2 is 1.85 bits per heavy atom. The van der Waals surface area contributed by atoms with E-state index in [0.717, 1.165) is 0 Å². The third kappa shape index (κ3) is 3.76. The van der Waals surface area contributed by atoms with Crippen LogP contribution in [0.1, 0.15) is 26.2 Å². The maximum atomic E-state index is 12.8. The summed E-state index contributed by atoms with van der Waals surface area (Å²) in [6.45, 7) is 0.680. The number of para-hydroxylation sites is 1. The predicted molar refractivity (Wildman–Crippen MR) is 90.2 cm³/mol. The van der Waals surface area contributed by atoms with Gasteiger partial charge in [-0.05, 0) is 19.1 Å². The molecule has 1 atom stereocenters. The summed E-state index contributed by atoms with van der Waals surface area (Å²) in [7, 11) is -3.74. The van der Waals surface area contributed by atoms with Crippen LogP contribution in [0.5, 0.6) is 0 Å². The minimum atomic E-state index is -4.91. The molecule has 0 radical (unpaired) electrons. The van der Waals surface area contributed by atoms with Crippen molar-refractivity contribution >= 4 is 21.6 Å². The van der Waals surface area contributed by atoms with E-state index in [1.165, 1.54) is 11.0 Å². The Bertz CT molecular complexity index is 847. The summed E-state index contributed by atoms with van der Waals surface area (Å²) in [4.78, 5) is 13.5. The molecule has 2 aliphatic rings. The Kier molecular flexibility index (Phi) is 4.68. The van der Waals surface area contributed by atoms with Gasteiger partial charge in [0.25, 0.3) is 0 Å². The standard InChI is InChI=1S/C16H20F3N3O4S/c1-14(24,16(17,18)19)10-13(23)22-8-6-15(7-9-22)20-11-4-2-3-5-12(11)27(25,26)21-15/h2-5,20-21,24H,6-10H2,1H3. The zero-order valence-corrected chi connectivity index (χ0v) is 15.3. The molecule has 0 aromatic heterocycles. The number of carbonyl (C=O) groups is 1. The highest BCUT2D eigenvalue weighted by Crippen LogP contribution is 2.36. The molecular formula is C16H20F3N3O4S. The Hall–Kier alpha value is -1.85. The average molecular weight is 407 g/mol. The van der Waals surface area contributed by atoms with E-state index in [9.17, 15) is 31.5 Å². The SMILES string of the molecule is CC(O)(CC(=O)N1CCC2(CC1)Nc1ccccc1S(=O)(=O)N2)C(F)(F)F. The fraction of sp³-hybridized carbons (Fsp3) is 0.562. The summed E-state index contributed by atoms with van der Waals surface area (Å²) in [5.74, 6) is -0.828. The number of likely N-dealkylation sites (tertiary alicyclic amines) is 1. The van der Waals surface area contributed by atoms with Crippen molar-refractivity contribution in [1.82, 2.24) is 9.62 Å². The number of sulfonamides is 1. The molecule has 2 heterocycles. The molecule has 0 bridgehead atoms. The Morgan fingerprint density at radius 1 is 1.26 bits per heavy atom. The fourth-order valence-corrected chi connectivity index (χ4v) is 4.82. The van der Waals surface area contributed by atoms with Crippen LogP contribution in [-0.2, 0) is 14.8 Å². The van der Waals surface area contributed by atoms with Crippen molar-refractivity contribution in [3.8, 4) is 0 Å². The second-order valence-electron chi connectivity index (χ2n) is 7.14. The van der Waals surface area contributed by atoms with E-state index in [4.69, 9.17) is 0 Å². The van der Waals surface area contributed by atoms with E-state index in [0.29, 0.717) is 12.6 Å². The number of nitrogens with zero attached hydrogens (tertiary/aromatic N) is 1. The van der Waals surface area contributed by atoms with Crippen molar-refractivity contribution < 1.29 is 31.5 Å². The molecule has 1 unspecified atom stereocenters. The molecule has 0 saturated carbocycles. The summed E-state index contributed by atoms with van der Waals surface area (Å²) < 4.78 is 65.8. The summed E-state index contributed by atoms with van der Waals surface area (Å²) in [6, 6.07) is 6.40. The van der Waals surface area contributed by atoms with Crippen LogP contribution in [0.4, 0.5) is 18.9 Å². The number of alkyl halides is 3. The molecule has 1 aromatic rings. The van der Waals surface area contributed by atoms with E-state index in [1.54, 1.807) is 18.2 Å². The Morgan fingerprint density at radius 3 is 2.44 bits per heavy atom. The van der Waals surface area contributed by atoms with E-state index < -0.39 is 39.8 Å². The lowest BCUT2D eigenvalue weighted by Crippen LogP contribution is -2.62. The molecule has 1 saturated heterocycles. The first-order chi connectivity index (χ1) is 12.4. The topological polar surface area (TPSA) is 98.7 Å². The number of carbonyl (C=O) groups excluding carboxylic acids is 1. The van der Waals surface area contributed by atoms with Crippen LogP contribution in [0.2, 0.25) is 0 Å². The molecule has 1 fully saturated rings. The van der Waals surface area contributed by atoms with Gasteiger partial charge >= 0.3 is 6.18 Å². The van der Waals surface area contributed by atoms with Gasteiger partial charge in [0, 0.05) is 25.9 Å². The highest BCUT2D eigenvalue weighted by Gasteiger charge is 2.52. The second-order valence-corrected chi connectivity index (χ2v) is 8.79. The number of hydrogen-bond acceptors (Lipinski definition) is 5. The van der Waals surface area contributed by atoms with Gasteiger partial charge in [-0.25, -0.2) is 8.42 Å². The van der Waals surface area contributed by atoms with Gasteiger partial charge < -0.3 is 15.3 Å². The van der Waals surface area contributed by atoms with E-state index in [1.807, 2.05) is 0 Å². The maximum Gasteiger partial charge on any atom is 0.417 e. The molecule has 1 spiro atoms. The summed E-state index contributed by atoms with van der Waals surface area (Å²) in [6.07, 6.45) is -5.63. The number of halogens is 3. The zero-order valence-electron chi connectivity index (χ0n) is 14.5. The molecule has 3 rings (SSSR count). The first kappa shape index (κ1) is 19.9. The highest BCUT2D eigenvalue weighted by atomic mass is 32.2. The number of rotatable bonds is 2. The fourth-order valence-electron chi connectivity index (χ4n) is 3.27. The van der Waals surface area contributed by atoms with Crippen LogP contribution in [0.15, 0.2) is 29.2 Å². The lowest BCUT2D eigenvalue weighted by atomic mass is 9.95. The first-order valence-electron chi connectivity index (χ1n) is 8.33. The Labute approximate surface area is 154 Å². The summed E-state index contributed by atoms with van der Waals surface area (Å²) >= 11 is 0. The minimum absolute atomic E-state index is 0.0600. The van der Waals surface area contributed by atoms with Crippen LogP contribution in [-0.4, -0.2) is 54.9 Å². The second kappa shape index (κ2) is 6.35. The number of amides is 1. The number of aliphatic hydroxyl groups is 1. The van der Waals surface area contributed by atoms with Gasteiger partial charge in [-0.1, -0.05) is 12.1 Å². The van der Waals surface area contributed by atoms with Gasteiger partial charge in [-0.15, -0.1) is 0 Å². The normalized spacial score (nSPS) is 23.2. The van der Waals surface area contributed by atoms with Crippen molar-refractivity contribution in [3.05, 3.63) is 24.3 Å². The molecule has 1 amide bonds. The highest BCUT2D eigenvalue weighted by molar-refractivity contribution is 7.89. The number of piperidine rings is 1. The number of fused-ring (bicyclic) bond motifs is 1. The summed E-state index contributed by atoms with van der Waals surface area (Å²) in [5.41, 5.74) is -3.67. The van der Waals surface area contributed by atoms with Crippen LogP contribution < -0.4 is 10.0 Å². The van der Waals surface area contributed by atoms with Crippen molar-refractivity contribution in [2.75, 3.05) is 18.4 Å². The van der Waals surface area contributed by atoms with Gasteiger partial charge in [0.1, 0.15) is 10.6 Å². The predicted octanol–water partition coefficient (Wildman–Crippen LogP) is 1.41. The van der Waals surface area contributed by atoms with Crippen LogP contribution in [0, 0.1) is 0 Å². The molecule has 7 nitrogen and oxygen atoms in total. The maximum absolute atomic E-state index is 12.8. The van der Waals surface area contributed by atoms with Crippen LogP contribution in [0.3, 0.4) is 0 Å². The van der Waals surface area contributed by atoms with Gasteiger partial charge in [0.15, 0.2) is 5.60 Å². The molecule has 27 heavy (non-hydrogen) atoms. The quantitative estimate of drug-likeness (QED) is 0.689.